The third-order valence-electron chi connectivity index (χ3n) is 2.84. The first-order valence-corrected chi connectivity index (χ1v) is 5.58. The third kappa shape index (κ3) is 3.94. The van der Waals surface area contributed by atoms with Gasteiger partial charge in [-0.2, -0.15) is 0 Å². The Bertz CT molecular complexity index is 118. The molecule has 1 fully saturated rings. The largest absolute Gasteiger partial charge is 0.0885 e. The van der Waals surface area contributed by atoms with Crippen molar-refractivity contribution in [3.8, 4) is 0 Å². The summed E-state index contributed by atoms with van der Waals surface area (Å²) in [5.41, 5.74) is 0. The summed E-state index contributed by atoms with van der Waals surface area (Å²) in [4.78, 5) is 0. The topological polar surface area (TPSA) is 0 Å². The average Bonchev–Trinajstić information content (AvgIpc) is 2.57. The zero-order chi connectivity index (χ0) is 8.65. The van der Waals surface area contributed by atoms with Gasteiger partial charge in [0.25, 0.3) is 0 Å². The van der Waals surface area contributed by atoms with Crippen molar-refractivity contribution >= 4 is 0 Å². The molecule has 0 aromatic rings. The number of hydrogen-bond acceptors (Lipinski definition) is 0. The lowest BCUT2D eigenvalue weighted by Crippen LogP contribution is -1.88. The van der Waals surface area contributed by atoms with Crippen LogP contribution in [0.25, 0.3) is 0 Å². The zero-order valence-corrected chi connectivity index (χ0v) is 8.39. The van der Waals surface area contributed by atoms with E-state index in [0.29, 0.717) is 0 Å². The van der Waals surface area contributed by atoms with Crippen molar-refractivity contribution in [2.45, 2.75) is 58.3 Å². The molecule has 0 bridgehead atoms. The predicted octanol–water partition coefficient (Wildman–Crippen LogP) is 4.31. The van der Waals surface area contributed by atoms with Crippen LogP contribution < -0.4 is 0 Å². The second-order valence-electron chi connectivity index (χ2n) is 4.00. The van der Waals surface area contributed by atoms with Gasteiger partial charge in [0.05, 0.1) is 0 Å². The molecular weight excluding hydrogens is 144 g/mol. The highest BCUT2D eigenvalue weighted by Crippen LogP contribution is 2.27. The lowest BCUT2D eigenvalue weighted by atomic mass is 10.0. The fraction of sp³-hybridized carbons (Fsp3) is 0.833. The van der Waals surface area contributed by atoms with Gasteiger partial charge in [-0.05, 0) is 18.8 Å². The summed E-state index contributed by atoms with van der Waals surface area (Å²) >= 11 is 0. The van der Waals surface area contributed by atoms with E-state index in [4.69, 9.17) is 0 Å². The highest BCUT2D eigenvalue weighted by Gasteiger charge is 2.12. The van der Waals surface area contributed by atoms with Gasteiger partial charge in [-0.1, -0.05) is 57.6 Å². The average molecular weight is 166 g/mol. The highest BCUT2D eigenvalue weighted by molar-refractivity contribution is 4.85. The van der Waals surface area contributed by atoms with Gasteiger partial charge in [0, 0.05) is 0 Å². The van der Waals surface area contributed by atoms with Crippen LogP contribution in [0, 0.1) is 5.92 Å². The number of hydrogen-bond donors (Lipinski definition) is 0. The molecule has 0 N–H and O–H groups in total. The Hall–Kier alpha value is -0.260. The van der Waals surface area contributed by atoms with Crippen LogP contribution in [0.4, 0.5) is 0 Å². The van der Waals surface area contributed by atoms with Crippen molar-refractivity contribution in [1.82, 2.24) is 0 Å². The maximum absolute atomic E-state index is 2.41. The van der Waals surface area contributed by atoms with Gasteiger partial charge in [-0.15, -0.1) is 0 Å². The van der Waals surface area contributed by atoms with E-state index in [2.05, 4.69) is 19.1 Å². The van der Waals surface area contributed by atoms with Crippen molar-refractivity contribution < 1.29 is 0 Å². The van der Waals surface area contributed by atoms with Gasteiger partial charge in [0.1, 0.15) is 0 Å². The van der Waals surface area contributed by atoms with Crippen LogP contribution in [-0.2, 0) is 0 Å². The first-order chi connectivity index (χ1) is 5.93. The van der Waals surface area contributed by atoms with Crippen LogP contribution >= 0.6 is 0 Å². The molecule has 0 aliphatic heterocycles. The summed E-state index contributed by atoms with van der Waals surface area (Å²) in [6.07, 6.45) is 16.0. The zero-order valence-electron chi connectivity index (χ0n) is 8.39. The van der Waals surface area contributed by atoms with Crippen LogP contribution in [0.1, 0.15) is 58.3 Å². The quantitative estimate of drug-likeness (QED) is 0.421. The van der Waals surface area contributed by atoms with Gasteiger partial charge in [-0.3, -0.25) is 0 Å². The van der Waals surface area contributed by atoms with Crippen LogP contribution in [-0.4, -0.2) is 0 Å². The molecule has 1 aliphatic carbocycles. The Morgan fingerprint density at radius 2 is 1.92 bits per heavy atom. The Labute approximate surface area is 77.1 Å². The van der Waals surface area contributed by atoms with Crippen LogP contribution in [0.15, 0.2) is 12.2 Å². The Morgan fingerprint density at radius 3 is 2.58 bits per heavy atom. The molecule has 0 amide bonds. The molecule has 0 saturated heterocycles. The molecule has 0 unspecified atom stereocenters. The van der Waals surface area contributed by atoms with Crippen LogP contribution in [0.5, 0.6) is 0 Å². The second-order valence-corrected chi connectivity index (χ2v) is 4.00. The highest BCUT2D eigenvalue weighted by atomic mass is 14.2. The predicted molar refractivity (Wildman–Crippen MR) is 55.2 cm³/mol. The van der Waals surface area contributed by atoms with Gasteiger partial charge in [0.15, 0.2) is 0 Å². The summed E-state index contributed by atoms with van der Waals surface area (Å²) < 4.78 is 0. The van der Waals surface area contributed by atoms with Crippen molar-refractivity contribution in [3.63, 3.8) is 0 Å². The summed E-state index contributed by atoms with van der Waals surface area (Å²) in [7, 11) is 0. The van der Waals surface area contributed by atoms with Gasteiger partial charge >= 0.3 is 0 Å². The minimum absolute atomic E-state index is 1.03. The summed E-state index contributed by atoms with van der Waals surface area (Å²) in [6.45, 7) is 2.25. The van der Waals surface area contributed by atoms with E-state index in [1.807, 2.05) is 0 Å². The third-order valence-corrected chi connectivity index (χ3v) is 2.84. The standard InChI is InChI=1S/C12H22/c1-2-3-4-5-6-9-12-10-7-8-11-12/h5-6,12H,2-4,7-11H2,1H3/b6-5+. The Kier molecular flexibility index (Phi) is 5.14. The summed E-state index contributed by atoms with van der Waals surface area (Å²) in [5, 5.41) is 0. The van der Waals surface area contributed by atoms with Crippen LogP contribution in [0.2, 0.25) is 0 Å². The molecule has 0 nitrogen and oxygen atoms in total. The van der Waals surface area contributed by atoms with E-state index in [1.165, 1.54) is 51.4 Å². The minimum atomic E-state index is 1.03. The molecule has 1 saturated carbocycles. The molecule has 12 heavy (non-hydrogen) atoms. The molecule has 0 radical (unpaired) electrons. The lowest BCUT2D eigenvalue weighted by Gasteiger charge is -2.02. The second kappa shape index (κ2) is 6.28. The minimum Gasteiger partial charge on any atom is -0.0885 e. The van der Waals surface area contributed by atoms with Crippen molar-refractivity contribution in [1.29, 1.82) is 0 Å². The van der Waals surface area contributed by atoms with Crippen molar-refractivity contribution in [2.24, 2.45) is 5.92 Å². The monoisotopic (exact) mass is 166 g/mol. The fourth-order valence-corrected chi connectivity index (χ4v) is 1.97. The van der Waals surface area contributed by atoms with Gasteiger partial charge in [0.2, 0.25) is 0 Å². The molecule has 1 aliphatic rings. The Morgan fingerprint density at radius 1 is 1.17 bits per heavy atom. The lowest BCUT2D eigenvalue weighted by molar-refractivity contribution is 0.557. The maximum Gasteiger partial charge on any atom is -0.0322 e. The van der Waals surface area contributed by atoms with Gasteiger partial charge < -0.3 is 0 Å². The van der Waals surface area contributed by atoms with Crippen molar-refractivity contribution in [3.05, 3.63) is 12.2 Å². The molecule has 70 valence electrons. The molecule has 0 atom stereocenters. The number of rotatable bonds is 5. The van der Waals surface area contributed by atoms with Gasteiger partial charge in [-0.25, -0.2) is 0 Å². The molecule has 0 aromatic heterocycles. The van der Waals surface area contributed by atoms with Crippen LogP contribution in [0.3, 0.4) is 0 Å². The summed E-state index contributed by atoms with van der Waals surface area (Å²) in [6, 6.07) is 0. The molecule has 0 spiro atoms. The van der Waals surface area contributed by atoms with Crippen molar-refractivity contribution in [2.75, 3.05) is 0 Å². The fourth-order valence-electron chi connectivity index (χ4n) is 1.97. The molecule has 1 rings (SSSR count). The number of allylic oxidation sites excluding steroid dienone is 2. The Balaban J connectivity index is 1.96. The molecule has 0 heterocycles. The van der Waals surface area contributed by atoms with E-state index < -0.39 is 0 Å². The van der Waals surface area contributed by atoms with E-state index in [0.717, 1.165) is 5.92 Å². The number of unbranched alkanes of at least 4 members (excludes halogenated alkanes) is 2. The molecule has 0 heteroatoms. The normalized spacial score (nSPS) is 19.4. The first kappa shape index (κ1) is 9.83. The molecule has 0 aromatic carbocycles. The first-order valence-electron chi connectivity index (χ1n) is 5.58. The smallest absolute Gasteiger partial charge is 0.0322 e. The van der Waals surface area contributed by atoms with E-state index >= 15 is 0 Å². The van der Waals surface area contributed by atoms with E-state index in [9.17, 15) is 0 Å². The maximum atomic E-state index is 2.41. The van der Waals surface area contributed by atoms with E-state index in [-0.39, 0.29) is 0 Å². The van der Waals surface area contributed by atoms with E-state index in [1.54, 1.807) is 0 Å². The molecular formula is C12H22. The SMILES string of the molecule is CCCC/C=C/CC1CCCC1. The summed E-state index contributed by atoms with van der Waals surface area (Å²) in [5.74, 6) is 1.03.